The summed E-state index contributed by atoms with van der Waals surface area (Å²) in [7, 11) is 0. The van der Waals surface area contributed by atoms with Gasteiger partial charge in [0, 0.05) is 23.3 Å². The number of hydrogen-bond acceptors (Lipinski definition) is 6. The summed E-state index contributed by atoms with van der Waals surface area (Å²) in [5.41, 5.74) is 5.06. The Hall–Kier alpha value is -3.23. The number of rotatable bonds is 4. The van der Waals surface area contributed by atoms with Gasteiger partial charge in [-0.3, -0.25) is 19.8 Å². The Kier molecular flexibility index (Phi) is 5.75. The lowest BCUT2D eigenvalue weighted by Gasteiger charge is -2.15. The molecule has 0 aliphatic carbocycles. The van der Waals surface area contributed by atoms with Gasteiger partial charge in [-0.1, -0.05) is 30.0 Å². The largest absolute Gasteiger partial charge is 0.457 e. The lowest BCUT2D eigenvalue weighted by molar-refractivity contribution is -0.385. The second-order valence-electron chi connectivity index (χ2n) is 7.68. The monoisotopic (exact) mass is 464 g/mol. The molecule has 0 spiro atoms. The zero-order valence-corrected chi connectivity index (χ0v) is 19.6. The standard InChI is InChI=1S/C24H20N2O4S2/c1-13-5-6-18(10-14(13)2)25-23(27)22(32-24(25)31)12-19-7-8-21(30-19)17-9-15(3)16(4)20(11-17)26(28)29/h5-12H,1-4H3/b22-12+. The lowest BCUT2D eigenvalue weighted by Crippen LogP contribution is -2.27. The number of carbonyl (C=O) groups is 1. The molecule has 6 nitrogen and oxygen atoms in total. The SMILES string of the molecule is Cc1ccc(N2C(=O)/C(=C\c3ccc(-c4cc(C)c(C)c([N+](=O)[O-])c4)o3)SC2=S)cc1C. The van der Waals surface area contributed by atoms with E-state index in [1.807, 2.05) is 45.0 Å². The van der Waals surface area contributed by atoms with Gasteiger partial charge < -0.3 is 4.42 Å². The van der Waals surface area contributed by atoms with Crippen LogP contribution in [0.2, 0.25) is 0 Å². The number of nitrogens with zero attached hydrogens (tertiary/aromatic N) is 2. The summed E-state index contributed by atoms with van der Waals surface area (Å²) in [5, 5.41) is 11.4. The van der Waals surface area contributed by atoms with Gasteiger partial charge in [-0.05, 0) is 74.7 Å². The molecule has 162 valence electrons. The smallest absolute Gasteiger partial charge is 0.273 e. The number of nitro benzene ring substituents is 1. The number of amides is 1. The topological polar surface area (TPSA) is 76.6 Å². The molecule has 4 rings (SSSR count). The molecule has 2 aromatic carbocycles. The fraction of sp³-hybridized carbons (Fsp3) is 0.167. The van der Waals surface area contributed by atoms with Gasteiger partial charge in [0.2, 0.25) is 0 Å². The van der Waals surface area contributed by atoms with Gasteiger partial charge >= 0.3 is 0 Å². The molecule has 3 aromatic rings. The molecule has 1 aliphatic rings. The van der Waals surface area contributed by atoms with Crippen LogP contribution in [-0.2, 0) is 4.79 Å². The molecule has 0 unspecified atom stereocenters. The number of anilines is 1. The van der Waals surface area contributed by atoms with Gasteiger partial charge in [0.15, 0.2) is 4.32 Å². The third-order valence-corrected chi connectivity index (χ3v) is 6.87. The summed E-state index contributed by atoms with van der Waals surface area (Å²) >= 11 is 6.67. The Labute approximate surface area is 195 Å². The molecule has 8 heteroatoms. The first-order chi connectivity index (χ1) is 15.2. The Morgan fingerprint density at radius 2 is 1.78 bits per heavy atom. The van der Waals surface area contributed by atoms with Crippen molar-refractivity contribution >= 4 is 51.7 Å². The van der Waals surface area contributed by atoms with Crippen molar-refractivity contribution in [1.82, 2.24) is 0 Å². The molecule has 1 aromatic heterocycles. The van der Waals surface area contributed by atoms with E-state index in [4.69, 9.17) is 16.6 Å². The predicted molar refractivity (Wildman–Crippen MR) is 132 cm³/mol. The molecule has 1 fully saturated rings. The zero-order valence-electron chi connectivity index (χ0n) is 18.0. The third kappa shape index (κ3) is 3.99. The van der Waals surface area contributed by atoms with Gasteiger partial charge in [-0.25, -0.2) is 0 Å². The number of thioether (sulfide) groups is 1. The van der Waals surface area contributed by atoms with Crippen molar-refractivity contribution in [3.05, 3.63) is 85.5 Å². The maximum Gasteiger partial charge on any atom is 0.273 e. The molecule has 2 heterocycles. The molecule has 32 heavy (non-hydrogen) atoms. The van der Waals surface area contributed by atoms with Crippen LogP contribution in [0.5, 0.6) is 0 Å². The van der Waals surface area contributed by atoms with E-state index in [9.17, 15) is 14.9 Å². The second kappa shape index (κ2) is 8.37. The van der Waals surface area contributed by atoms with E-state index < -0.39 is 4.92 Å². The van der Waals surface area contributed by atoms with Crippen LogP contribution in [0.3, 0.4) is 0 Å². The van der Waals surface area contributed by atoms with Crippen molar-refractivity contribution in [3.63, 3.8) is 0 Å². The number of furan rings is 1. The van der Waals surface area contributed by atoms with E-state index in [1.54, 1.807) is 25.1 Å². The minimum absolute atomic E-state index is 0.0483. The number of nitro groups is 1. The normalized spacial score (nSPS) is 15.1. The van der Waals surface area contributed by atoms with Crippen LogP contribution >= 0.6 is 24.0 Å². The predicted octanol–water partition coefficient (Wildman–Crippen LogP) is 6.49. The van der Waals surface area contributed by atoms with Crippen LogP contribution in [0.15, 0.2) is 51.8 Å². The van der Waals surface area contributed by atoms with Crippen molar-refractivity contribution in [2.24, 2.45) is 0 Å². The average molecular weight is 465 g/mol. The highest BCUT2D eigenvalue weighted by Gasteiger charge is 2.33. The highest BCUT2D eigenvalue weighted by molar-refractivity contribution is 8.27. The molecule has 1 aliphatic heterocycles. The Morgan fingerprint density at radius 3 is 2.47 bits per heavy atom. The van der Waals surface area contributed by atoms with Crippen molar-refractivity contribution in [2.75, 3.05) is 4.90 Å². The minimum Gasteiger partial charge on any atom is -0.457 e. The van der Waals surface area contributed by atoms with Gasteiger partial charge in [0.05, 0.1) is 15.5 Å². The summed E-state index contributed by atoms with van der Waals surface area (Å²) < 4.78 is 6.35. The van der Waals surface area contributed by atoms with Crippen molar-refractivity contribution in [2.45, 2.75) is 27.7 Å². The molecule has 0 atom stereocenters. The molecule has 1 saturated heterocycles. The summed E-state index contributed by atoms with van der Waals surface area (Å²) in [4.78, 5) is 26.0. The quantitative estimate of drug-likeness (QED) is 0.190. The van der Waals surface area contributed by atoms with Gasteiger partial charge in [-0.15, -0.1) is 0 Å². The van der Waals surface area contributed by atoms with Gasteiger partial charge in [-0.2, -0.15) is 0 Å². The summed E-state index contributed by atoms with van der Waals surface area (Å²) in [6.45, 7) is 7.56. The zero-order chi connectivity index (χ0) is 23.2. The maximum absolute atomic E-state index is 13.0. The number of aryl methyl sites for hydroxylation is 3. The van der Waals surface area contributed by atoms with Crippen molar-refractivity contribution in [1.29, 1.82) is 0 Å². The van der Waals surface area contributed by atoms with Crippen molar-refractivity contribution in [3.8, 4) is 11.3 Å². The van der Waals surface area contributed by atoms with Crippen molar-refractivity contribution < 1.29 is 14.1 Å². The average Bonchev–Trinajstić information content (AvgIpc) is 3.30. The molecule has 0 radical (unpaired) electrons. The molecule has 0 N–H and O–H groups in total. The second-order valence-corrected chi connectivity index (χ2v) is 9.36. The fourth-order valence-electron chi connectivity index (χ4n) is 3.44. The van der Waals surface area contributed by atoms with E-state index in [0.717, 1.165) is 22.4 Å². The Bertz CT molecular complexity index is 1320. The Morgan fingerprint density at radius 1 is 1.03 bits per heavy atom. The highest BCUT2D eigenvalue weighted by atomic mass is 32.2. The first-order valence-electron chi connectivity index (χ1n) is 9.87. The number of benzene rings is 2. The van der Waals surface area contributed by atoms with Crippen LogP contribution in [0, 0.1) is 37.8 Å². The van der Waals surface area contributed by atoms with Gasteiger partial charge in [0.1, 0.15) is 11.5 Å². The van der Waals surface area contributed by atoms with Gasteiger partial charge in [0.25, 0.3) is 11.6 Å². The fourth-order valence-corrected chi connectivity index (χ4v) is 4.72. The van der Waals surface area contributed by atoms with E-state index in [1.165, 1.54) is 22.7 Å². The summed E-state index contributed by atoms with van der Waals surface area (Å²) in [5.74, 6) is 0.761. The van der Waals surface area contributed by atoms with E-state index in [2.05, 4.69) is 0 Å². The minimum atomic E-state index is -0.395. The summed E-state index contributed by atoms with van der Waals surface area (Å²) in [6.07, 6.45) is 1.65. The number of hydrogen-bond donors (Lipinski definition) is 0. The van der Waals surface area contributed by atoms with Crippen LogP contribution in [0.1, 0.15) is 28.0 Å². The lowest BCUT2D eigenvalue weighted by atomic mass is 10.0. The summed E-state index contributed by atoms with van der Waals surface area (Å²) in [6, 6.07) is 12.6. The first-order valence-corrected chi connectivity index (χ1v) is 11.1. The molecule has 1 amide bonds. The van der Waals surface area contributed by atoms with E-state index >= 15 is 0 Å². The van der Waals surface area contributed by atoms with Crippen LogP contribution in [0.25, 0.3) is 17.4 Å². The first kappa shape index (κ1) is 22.0. The van der Waals surface area contributed by atoms with Crippen LogP contribution in [-0.4, -0.2) is 15.2 Å². The Balaban J connectivity index is 1.64. The molecule has 0 bridgehead atoms. The van der Waals surface area contributed by atoms with E-state index in [0.29, 0.717) is 31.9 Å². The maximum atomic E-state index is 13.0. The highest BCUT2D eigenvalue weighted by Crippen LogP contribution is 2.37. The molecule has 0 saturated carbocycles. The van der Waals surface area contributed by atoms with E-state index in [-0.39, 0.29) is 11.6 Å². The van der Waals surface area contributed by atoms with Crippen LogP contribution in [0.4, 0.5) is 11.4 Å². The number of thiocarbonyl (C=S) groups is 1. The number of carbonyl (C=O) groups excluding carboxylic acids is 1. The molecular formula is C24H20N2O4S2. The third-order valence-electron chi connectivity index (χ3n) is 5.56. The van der Waals surface area contributed by atoms with Crippen LogP contribution < -0.4 is 4.90 Å². The molecular weight excluding hydrogens is 444 g/mol.